The molecular formula is C13H17FN2O3S. The number of carbonyl (C=O) groups excluding carboxylic acids is 1. The van der Waals surface area contributed by atoms with Crippen molar-refractivity contribution in [2.45, 2.75) is 18.7 Å². The Bertz CT molecular complexity index is 645. The van der Waals surface area contributed by atoms with Crippen LogP contribution in [0.15, 0.2) is 23.1 Å². The zero-order valence-corrected chi connectivity index (χ0v) is 12.2. The zero-order valence-electron chi connectivity index (χ0n) is 11.3. The van der Waals surface area contributed by atoms with Crippen LogP contribution in [-0.2, 0) is 14.8 Å². The van der Waals surface area contributed by atoms with Crippen LogP contribution in [0.3, 0.4) is 0 Å². The van der Waals surface area contributed by atoms with Crippen LogP contribution in [0.25, 0.3) is 0 Å². The molecule has 2 atom stereocenters. The van der Waals surface area contributed by atoms with Gasteiger partial charge in [0.25, 0.3) is 0 Å². The fraction of sp³-hybridized carbons (Fsp3) is 0.462. The molecule has 1 amide bonds. The summed E-state index contributed by atoms with van der Waals surface area (Å²) in [5, 5.41) is 0. The first-order valence-electron chi connectivity index (χ1n) is 6.29. The summed E-state index contributed by atoms with van der Waals surface area (Å²) in [5.74, 6) is -2.01. The molecule has 0 radical (unpaired) electrons. The van der Waals surface area contributed by atoms with Gasteiger partial charge in [-0.15, -0.1) is 0 Å². The summed E-state index contributed by atoms with van der Waals surface area (Å²) >= 11 is 0. The first kappa shape index (κ1) is 14.9. The minimum atomic E-state index is -3.93. The molecular weight excluding hydrogens is 283 g/mol. The van der Waals surface area contributed by atoms with Gasteiger partial charge in [-0.3, -0.25) is 4.79 Å². The smallest absolute Gasteiger partial charge is 0.246 e. The summed E-state index contributed by atoms with van der Waals surface area (Å²) < 4.78 is 39.8. The minimum absolute atomic E-state index is 0.00610. The topological polar surface area (TPSA) is 80.5 Å². The van der Waals surface area contributed by atoms with E-state index in [0.29, 0.717) is 5.56 Å². The molecule has 1 fully saturated rings. The molecule has 2 N–H and O–H groups in total. The maximum atomic E-state index is 13.9. The van der Waals surface area contributed by atoms with Crippen LogP contribution in [0.2, 0.25) is 0 Å². The molecule has 110 valence electrons. The molecule has 1 aromatic rings. The number of hydrogen-bond acceptors (Lipinski definition) is 3. The molecule has 1 aliphatic heterocycles. The number of primary amides is 1. The molecule has 5 nitrogen and oxygen atoms in total. The highest BCUT2D eigenvalue weighted by Crippen LogP contribution is 2.29. The van der Waals surface area contributed by atoms with Crippen LogP contribution in [-0.4, -0.2) is 31.7 Å². The Morgan fingerprint density at radius 2 is 2.05 bits per heavy atom. The molecule has 0 bridgehead atoms. The number of nitrogens with zero attached hydrogens (tertiary/aromatic N) is 1. The lowest BCUT2D eigenvalue weighted by molar-refractivity contribution is -0.122. The highest BCUT2D eigenvalue weighted by atomic mass is 32.2. The lowest BCUT2D eigenvalue weighted by Crippen LogP contribution is -2.32. The van der Waals surface area contributed by atoms with E-state index in [4.69, 9.17) is 5.73 Å². The molecule has 7 heteroatoms. The van der Waals surface area contributed by atoms with E-state index in [0.717, 1.165) is 4.31 Å². The molecule has 1 heterocycles. The summed E-state index contributed by atoms with van der Waals surface area (Å²) in [4.78, 5) is 10.9. The van der Waals surface area contributed by atoms with Gasteiger partial charge in [-0.2, -0.15) is 4.31 Å². The number of benzene rings is 1. The quantitative estimate of drug-likeness (QED) is 0.899. The fourth-order valence-electron chi connectivity index (χ4n) is 2.44. The molecule has 1 aromatic carbocycles. The number of hydrogen-bond donors (Lipinski definition) is 1. The highest BCUT2D eigenvalue weighted by Gasteiger charge is 2.40. The molecule has 0 spiro atoms. The van der Waals surface area contributed by atoms with E-state index in [9.17, 15) is 17.6 Å². The van der Waals surface area contributed by atoms with Crippen LogP contribution in [0.4, 0.5) is 4.39 Å². The third-order valence-corrected chi connectivity index (χ3v) is 5.51. The Kier molecular flexibility index (Phi) is 3.84. The first-order valence-corrected chi connectivity index (χ1v) is 7.73. The standard InChI is InChI=1S/C13H17FN2O3S/c1-8-3-4-12(11(14)5-8)20(18,19)16-6-9(2)10(7-16)13(15)17/h3-5,9-10H,6-7H2,1-2H3,(H2,15,17)/t9-,10-/m1/s1. The van der Waals surface area contributed by atoms with E-state index >= 15 is 0 Å². The Morgan fingerprint density at radius 1 is 1.40 bits per heavy atom. The summed E-state index contributed by atoms with van der Waals surface area (Å²) in [6.45, 7) is 3.62. The van der Waals surface area contributed by atoms with Gasteiger partial charge in [0.15, 0.2) is 0 Å². The normalized spacial score (nSPS) is 23.9. The van der Waals surface area contributed by atoms with E-state index < -0.39 is 27.7 Å². The second-order valence-corrected chi connectivity index (χ2v) is 7.15. The van der Waals surface area contributed by atoms with Crippen LogP contribution in [0, 0.1) is 24.6 Å². The number of sulfonamides is 1. The van der Waals surface area contributed by atoms with Gasteiger partial charge in [0.1, 0.15) is 10.7 Å². The number of amides is 1. The summed E-state index contributed by atoms with van der Waals surface area (Å²) in [5.41, 5.74) is 5.89. The van der Waals surface area contributed by atoms with Gasteiger partial charge in [-0.1, -0.05) is 13.0 Å². The molecule has 2 rings (SSSR count). The van der Waals surface area contributed by atoms with Crippen LogP contribution < -0.4 is 5.73 Å². The maximum absolute atomic E-state index is 13.9. The van der Waals surface area contributed by atoms with Gasteiger partial charge in [0.05, 0.1) is 5.92 Å². The van der Waals surface area contributed by atoms with E-state index in [1.54, 1.807) is 19.9 Å². The number of nitrogens with two attached hydrogens (primary N) is 1. The van der Waals surface area contributed by atoms with Crippen LogP contribution in [0.1, 0.15) is 12.5 Å². The van der Waals surface area contributed by atoms with Crippen molar-refractivity contribution in [1.82, 2.24) is 4.31 Å². The van der Waals surface area contributed by atoms with Crippen molar-refractivity contribution < 1.29 is 17.6 Å². The maximum Gasteiger partial charge on any atom is 0.246 e. The lowest BCUT2D eigenvalue weighted by atomic mass is 9.98. The van der Waals surface area contributed by atoms with Crippen molar-refractivity contribution in [1.29, 1.82) is 0 Å². The van der Waals surface area contributed by atoms with Gasteiger partial charge in [0.2, 0.25) is 15.9 Å². The van der Waals surface area contributed by atoms with Crippen molar-refractivity contribution in [2.24, 2.45) is 17.6 Å². The first-order chi connectivity index (χ1) is 9.23. The van der Waals surface area contributed by atoms with E-state index in [-0.39, 0.29) is 23.9 Å². The third-order valence-electron chi connectivity index (χ3n) is 3.65. The molecule has 0 aromatic heterocycles. The van der Waals surface area contributed by atoms with Crippen LogP contribution >= 0.6 is 0 Å². The average Bonchev–Trinajstić information content (AvgIpc) is 2.71. The molecule has 1 aliphatic rings. The molecule has 0 saturated carbocycles. The van der Waals surface area contributed by atoms with E-state index in [1.807, 2.05) is 0 Å². The Labute approximate surface area is 117 Å². The van der Waals surface area contributed by atoms with Crippen molar-refractivity contribution in [3.05, 3.63) is 29.6 Å². The number of rotatable bonds is 3. The minimum Gasteiger partial charge on any atom is -0.369 e. The number of halogens is 1. The fourth-order valence-corrected chi connectivity index (χ4v) is 4.05. The molecule has 20 heavy (non-hydrogen) atoms. The van der Waals surface area contributed by atoms with Gasteiger partial charge in [-0.25, -0.2) is 12.8 Å². The second-order valence-electron chi connectivity index (χ2n) is 5.24. The van der Waals surface area contributed by atoms with Gasteiger partial charge < -0.3 is 5.73 Å². The van der Waals surface area contributed by atoms with Crippen molar-refractivity contribution >= 4 is 15.9 Å². The van der Waals surface area contributed by atoms with Gasteiger partial charge >= 0.3 is 0 Å². The predicted octanol–water partition coefficient (Wildman–Crippen LogP) is 0.876. The highest BCUT2D eigenvalue weighted by molar-refractivity contribution is 7.89. The molecule has 0 aliphatic carbocycles. The Morgan fingerprint density at radius 3 is 2.55 bits per heavy atom. The lowest BCUT2D eigenvalue weighted by Gasteiger charge is -2.16. The SMILES string of the molecule is Cc1ccc(S(=O)(=O)N2C[C@@H](C)[C@H](C(N)=O)C2)c(F)c1. The summed E-state index contributed by atoms with van der Waals surface area (Å²) in [7, 11) is -3.93. The molecule has 1 saturated heterocycles. The number of aryl methyl sites for hydroxylation is 1. The van der Waals surface area contributed by atoms with Crippen molar-refractivity contribution in [3.63, 3.8) is 0 Å². The summed E-state index contributed by atoms with van der Waals surface area (Å²) in [6.07, 6.45) is 0. The average molecular weight is 300 g/mol. The second kappa shape index (κ2) is 5.14. The third kappa shape index (κ3) is 2.55. The van der Waals surface area contributed by atoms with E-state index in [1.165, 1.54) is 12.1 Å². The Balaban J connectivity index is 2.35. The van der Waals surface area contributed by atoms with Gasteiger partial charge in [0, 0.05) is 13.1 Å². The van der Waals surface area contributed by atoms with Crippen molar-refractivity contribution in [2.75, 3.05) is 13.1 Å². The largest absolute Gasteiger partial charge is 0.369 e. The number of carbonyl (C=O) groups is 1. The Hall–Kier alpha value is -1.47. The monoisotopic (exact) mass is 300 g/mol. The van der Waals surface area contributed by atoms with Crippen LogP contribution in [0.5, 0.6) is 0 Å². The van der Waals surface area contributed by atoms with Crippen molar-refractivity contribution in [3.8, 4) is 0 Å². The zero-order chi connectivity index (χ0) is 15.1. The summed E-state index contributed by atoms with van der Waals surface area (Å²) in [6, 6.07) is 3.97. The van der Waals surface area contributed by atoms with Gasteiger partial charge in [-0.05, 0) is 30.5 Å². The molecule has 0 unspecified atom stereocenters. The van der Waals surface area contributed by atoms with E-state index in [2.05, 4.69) is 0 Å². The predicted molar refractivity (Wildman–Crippen MR) is 71.7 cm³/mol.